The Morgan fingerprint density at radius 3 is 2.78 bits per heavy atom. The maximum absolute atomic E-state index is 13.6. The number of aromatic nitrogens is 1. The quantitative estimate of drug-likeness (QED) is 0.838. The molecule has 2 aliphatic rings. The fourth-order valence-electron chi connectivity index (χ4n) is 3.19. The largest absolute Gasteiger partial charge is 0.383 e. The van der Waals surface area contributed by atoms with Crippen LogP contribution in [0.15, 0.2) is 18.3 Å². The Labute approximate surface area is 132 Å². The standard InChI is InChI=1S/C15H18F3N3O2/c1-23-8-11-4-15(17,18)9-21(11)12-6-20(7-12)14(22)13-3-2-10(16)5-19-13/h2-3,5,11-12H,4,6-9H2,1H3/t11-/m0/s1. The number of amides is 1. The molecule has 3 rings (SSSR count). The molecule has 1 aromatic rings. The summed E-state index contributed by atoms with van der Waals surface area (Å²) in [4.78, 5) is 19.2. The van der Waals surface area contributed by atoms with Crippen LogP contribution in [-0.4, -0.2) is 72.0 Å². The van der Waals surface area contributed by atoms with Crippen LogP contribution in [0.25, 0.3) is 0 Å². The number of carbonyl (C=O) groups excluding carboxylic acids is 1. The van der Waals surface area contributed by atoms with Gasteiger partial charge in [-0.25, -0.2) is 18.2 Å². The number of pyridine rings is 1. The average Bonchev–Trinajstić information content (AvgIpc) is 2.73. The van der Waals surface area contributed by atoms with Gasteiger partial charge >= 0.3 is 0 Å². The van der Waals surface area contributed by atoms with Crippen molar-refractivity contribution < 1.29 is 22.7 Å². The minimum absolute atomic E-state index is 0.104. The molecule has 5 nitrogen and oxygen atoms in total. The van der Waals surface area contributed by atoms with Crippen LogP contribution in [-0.2, 0) is 4.74 Å². The number of halogens is 3. The van der Waals surface area contributed by atoms with Crippen LogP contribution in [0.3, 0.4) is 0 Å². The van der Waals surface area contributed by atoms with E-state index in [9.17, 15) is 18.0 Å². The number of hydrogen-bond donors (Lipinski definition) is 0. The third kappa shape index (κ3) is 3.32. The number of alkyl halides is 2. The van der Waals surface area contributed by atoms with E-state index in [0.29, 0.717) is 13.1 Å². The first-order valence-electron chi connectivity index (χ1n) is 7.43. The smallest absolute Gasteiger partial charge is 0.272 e. The predicted molar refractivity (Wildman–Crippen MR) is 75.8 cm³/mol. The molecule has 0 N–H and O–H groups in total. The lowest BCUT2D eigenvalue weighted by atomic mass is 10.1. The van der Waals surface area contributed by atoms with Crippen molar-refractivity contribution in [2.75, 3.05) is 33.4 Å². The SMILES string of the molecule is COC[C@@H]1CC(F)(F)CN1C1CN(C(=O)c2ccc(F)cn2)C1. The molecule has 0 spiro atoms. The van der Waals surface area contributed by atoms with Crippen molar-refractivity contribution in [3.05, 3.63) is 29.8 Å². The highest BCUT2D eigenvalue weighted by molar-refractivity contribution is 5.92. The molecule has 1 amide bonds. The lowest BCUT2D eigenvalue weighted by Crippen LogP contribution is -2.62. The van der Waals surface area contributed by atoms with Gasteiger partial charge in [0.15, 0.2) is 0 Å². The van der Waals surface area contributed by atoms with Crippen LogP contribution < -0.4 is 0 Å². The highest BCUT2D eigenvalue weighted by atomic mass is 19.3. The molecule has 2 saturated heterocycles. The third-order valence-corrected chi connectivity index (χ3v) is 4.34. The van der Waals surface area contributed by atoms with E-state index in [0.717, 1.165) is 6.20 Å². The summed E-state index contributed by atoms with van der Waals surface area (Å²) in [5.41, 5.74) is 0.157. The minimum atomic E-state index is -2.72. The van der Waals surface area contributed by atoms with Gasteiger partial charge in [0, 0.05) is 38.7 Å². The summed E-state index contributed by atoms with van der Waals surface area (Å²) in [7, 11) is 1.49. The maximum atomic E-state index is 13.6. The van der Waals surface area contributed by atoms with Gasteiger partial charge < -0.3 is 9.64 Å². The summed E-state index contributed by atoms with van der Waals surface area (Å²) in [5.74, 6) is -3.54. The van der Waals surface area contributed by atoms with Gasteiger partial charge in [0.2, 0.25) is 0 Å². The topological polar surface area (TPSA) is 45.7 Å². The van der Waals surface area contributed by atoms with Crippen molar-refractivity contribution >= 4 is 5.91 Å². The van der Waals surface area contributed by atoms with Gasteiger partial charge in [-0.1, -0.05) is 0 Å². The number of nitrogens with zero attached hydrogens (tertiary/aromatic N) is 3. The van der Waals surface area contributed by atoms with E-state index >= 15 is 0 Å². The van der Waals surface area contributed by atoms with E-state index < -0.39 is 11.7 Å². The van der Waals surface area contributed by atoms with E-state index in [-0.39, 0.29) is 43.3 Å². The van der Waals surface area contributed by atoms with Crippen molar-refractivity contribution in [3.63, 3.8) is 0 Å². The Bertz CT molecular complexity index is 576. The highest BCUT2D eigenvalue weighted by Gasteiger charge is 2.50. The molecule has 126 valence electrons. The molecule has 0 aromatic carbocycles. The van der Waals surface area contributed by atoms with Crippen LogP contribution >= 0.6 is 0 Å². The van der Waals surface area contributed by atoms with E-state index in [1.165, 1.54) is 24.1 Å². The van der Waals surface area contributed by atoms with Crippen molar-refractivity contribution in [2.45, 2.75) is 24.4 Å². The Morgan fingerprint density at radius 1 is 1.43 bits per heavy atom. The highest BCUT2D eigenvalue weighted by Crippen LogP contribution is 2.35. The summed E-state index contributed by atoms with van der Waals surface area (Å²) in [6, 6.07) is 2.06. The molecule has 0 aliphatic carbocycles. The van der Waals surface area contributed by atoms with Gasteiger partial charge in [-0.15, -0.1) is 0 Å². The number of likely N-dealkylation sites (tertiary alicyclic amines) is 2. The molecule has 0 radical (unpaired) electrons. The van der Waals surface area contributed by atoms with E-state index in [1.807, 2.05) is 0 Å². The fraction of sp³-hybridized carbons (Fsp3) is 0.600. The summed E-state index contributed by atoms with van der Waals surface area (Å²) in [6.45, 7) is 0.685. The first kappa shape index (κ1) is 16.2. The van der Waals surface area contributed by atoms with Crippen LogP contribution in [0.4, 0.5) is 13.2 Å². The molecule has 1 aromatic heterocycles. The monoisotopic (exact) mass is 329 g/mol. The van der Waals surface area contributed by atoms with Crippen LogP contribution in [0.1, 0.15) is 16.9 Å². The molecule has 0 saturated carbocycles. The molecule has 1 atom stereocenters. The molecular formula is C15H18F3N3O2. The predicted octanol–water partition coefficient (Wildman–Crippen LogP) is 1.40. The van der Waals surface area contributed by atoms with Gasteiger partial charge in [0.1, 0.15) is 11.5 Å². The third-order valence-electron chi connectivity index (χ3n) is 4.34. The minimum Gasteiger partial charge on any atom is -0.383 e. The Morgan fingerprint density at radius 2 is 2.17 bits per heavy atom. The summed E-state index contributed by atoms with van der Waals surface area (Å²) < 4.78 is 45.1. The average molecular weight is 329 g/mol. The Kier molecular flexibility index (Phi) is 4.29. The van der Waals surface area contributed by atoms with Crippen molar-refractivity contribution in [2.24, 2.45) is 0 Å². The normalized spacial score (nSPS) is 24.7. The summed E-state index contributed by atoms with van der Waals surface area (Å²) in [5, 5.41) is 0. The first-order valence-corrected chi connectivity index (χ1v) is 7.43. The first-order chi connectivity index (χ1) is 10.9. The van der Waals surface area contributed by atoms with Crippen molar-refractivity contribution in [3.8, 4) is 0 Å². The lowest BCUT2D eigenvalue weighted by molar-refractivity contribution is -0.0137. The zero-order chi connectivity index (χ0) is 16.6. The van der Waals surface area contributed by atoms with Crippen LogP contribution in [0, 0.1) is 5.82 Å². The molecule has 2 aliphatic heterocycles. The second kappa shape index (κ2) is 6.09. The van der Waals surface area contributed by atoms with Gasteiger partial charge in [0.05, 0.1) is 19.3 Å². The number of rotatable bonds is 4. The Balaban J connectivity index is 1.59. The second-order valence-corrected chi connectivity index (χ2v) is 6.07. The molecule has 0 unspecified atom stereocenters. The molecule has 23 heavy (non-hydrogen) atoms. The van der Waals surface area contributed by atoms with E-state index in [1.54, 1.807) is 4.90 Å². The van der Waals surface area contributed by atoms with Gasteiger partial charge in [-0.2, -0.15) is 0 Å². The number of hydrogen-bond acceptors (Lipinski definition) is 4. The van der Waals surface area contributed by atoms with Gasteiger partial charge in [0.25, 0.3) is 11.8 Å². The van der Waals surface area contributed by atoms with Crippen LogP contribution in [0.2, 0.25) is 0 Å². The molecular weight excluding hydrogens is 311 g/mol. The maximum Gasteiger partial charge on any atom is 0.272 e. The van der Waals surface area contributed by atoms with Gasteiger partial charge in [-0.05, 0) is 12.1 Å². The zero-order valence-corrected chi connectivity index (χ0v) is 12.7. The fourth-order valence-corrected chi connectivity index (χ4v) is 3.19. The molecule has 0 bridgehead atoms. The van der Waals surface area contributed by atoms with Gasteiger partial charge in [-0.3, -0.25) is 9.69 Å². The second-order valence-electron chi connectivity index (χ2n) is 6.07. The number of ether oxygens (including phenoxy) is 1. The van der Waals surface area contributed by atoms with Crippen LogP contribution in [0.5, 0.6) is 0 Å². The molecule has 2 fully saturated rings. The molecule has 3 heterocycles. The molecule has 8 heteroatoms. The summed E-state index contributed by atoms with van der Waals surface area (Å²) in [6.07, 6.45) is 0.769. The number of carbonyl (C=O) groups is 1. The Hall–Kier alpha value is -1.67. The zero-order valence-electron chi connectivity index (χ0n) is 12.7. The van der Waals surface area contributed by atoms with Crippen molar-refractivity contribution in [1.82, 2.24) is 14.8 Å². The number of methoxy groups -OCH3 is 1. The van der Waals surface area contributed by atoms with Crippen molar-refractivity contribution in [1.29, 1.82) is 0 Å². The van der Waals surface area contributed by atoms with E-state index in [2.05, 4.69) is 4.98 Å². The lowest BCUT2D eigenvalue weighted by Gasteiger charge is -2.45. The summed E-state index contributed by atoms with van der Waals surface area (Å²) >= 11 is 0. The van der Waals surface area contributed by atoms with E-state index in [4.69, 9.17) is 4.74 Å².